The number of nitrogens with zero attached hydrogens (tertiary/aromatic N) is 3. The number of rotatable bonds is 6. The van der Waals surface area contributed by atoms with Crippen molar-refractivity contribution in [1.29, 1.82) is 0 Å². The number of carbonyl (C=O) groups excluding carboxylic acids is 1. The molecule has 1 atom stereocenters. The SMILES string of the molecule is COc1ccc(-n2c(C)nc3c2C[C@@H](C(=O)O)N(C(=O)C(c2ccccc2)c2ccccc2)C3)cc1Br. The number of aryl methyl sites for hydroxylation is 1. The van der Waals surface area contributed by atoms with Crippen LogP contribution in [-0.4, -0.2) is 44.6 Å². The second-order valence-corrected chi connectivity index (χ2v) is 9.84. The second-order valence-electron chi connectivity index (χ2n) is 8.99. The van der Waals surface area contributed by atoms with Gasteiger partial charge in [0.25, 0.3) is 0 Å². The van der Waals surface area contributed by atoms with E-state index in [1.54, 1.807) is 7.11 Å². The predicted octanol–water partition coefficient (Wildman–Crippen LogP) is 5.12. The number of hydrogen-bond donors (Lipinski definition) is 1. The molecular formula is C29H26BrN3O4. The van der Waals surface area contributed by atoms with E-state index in [9.17, 15) is 14.7 Å². The van der Waals surface area contributed by atoms with Crippen molar-refractivity contribution in [3.63, 3.8) is 0 Å². The monoisotopic (exact) mass is 559 g/mol. The number of imidazole rings is 1. The molecule has 1 amide bonds. The van der Waals surface area contributed by atoms with E-state index >= 15 is 0 Å². The highest BCUT2D eigenvalue weighted by atomic mass is 79.9. The van der Waals surface area contributed by atoms with Crippen molar-refractivity contribution in [2.75, 3.05) is 7.11 Å². The topological polar surface area (TPSA) is 84.7 Å². The van der Waals surface area contributed by atoms with Gasteiger partial charge in [-0.3, -0.25) is 4.79 Å². The largest absolute Gasteiger partial charge is 0.496 e. The number of aliphatic carboxylic acids is 1. The molecule has 7 nitrogen and oxygen atoms in total. The summed E-state index contributed by atoms with van der Waals surface area (Å²) in [4.78, 5) is 32.9. The Morgan fingerprint density at radius 2 is 1.65 bits per heavy atom. The van der Waals surface area contributed by atoms with E-state index in [0.717, 1.165) is 32.8 Å². The van der Waals surface area contributed by atoms with Crippen LogP contribution in [0.5, 0.6) is 5.75 Å². The van der Waals surface area contributed by atoms with Gasteiger partial charge in [0.15, 0.2) is 0 Å². The number of carboxylic acids is 1. The molecule has 5 rings (SSSR count). The molecule has 1 N–H and O–H groups in total. The van der Waals surface area contributed by atoms with Crippen molar-refractivity contribution < 1.29 is 19.4 Å². The lowest BCUT2D eigenvalue weighted by molar-refractivity contribution is -0.151. The van der Waals surface area contributed by atoms with Crippen molar-refractivity contribution in [1.82, 2.24) is 14.5 Å². The molecule has 8 heteroatoms. The summed E-state index contributed by atoms with van der Waals surface area (Å²) >= 11 is 3.53. The van der Waals surface area contributed by atoms with Crippen LogP contribution in [0.4, 0.5) is 0 Å². The Labute approximate surface area is 223 Å². The molecule has 1 aliphatic rings. The number of carboxylic acid groups (broad SMARTS) is 1. The minimum atomic E-state index is -1.04. The van der Waals surface area contributed by atoms with Gasteiger partial charge in [0.1, 0.15) is 17.6 Å². The molecule has 0 aliphatic carbocycles. The Morgan fingerprint density at radius 3 is 2.19 bits per heavy atom. The molecule has 0 radical (unpaired) electrons. The molecule has 0 spiro atoms. The number of aromatic nitrogens is 2. The van der Waals surface area contributed by atoms with Gasteiger partial charge in [0.05, 0.1) is 35.4 Å². The third-order valence-electron chi connectivity index (χ3n) is 6.78. The summed E-state index contributed by atoms with van der Waals surface area (Å²) in [7, 11) is 1.60. The lowest BCUT2D eigenvalue weighted by atomic mass is 9.88. The van der Waals surface area contributed by atoms with Gasteiger partial charge in [0.2, 0.25) is 5.91 Å². The molecule has 0 unspecified atom stereocenters. The maximum atomic E-state index is 14.1. The Kier molecular flexibility index (Phi) is 6.84. The Bertz CT molecular complexity index is 1410. The molecule has 4 aromatic rings. The maximum absolute atomic E-state index is 14.1. The number of ether oxygens (including phenoxy) is 1. The standard InChI is InChI=1S/C29H26BrN3O4/c1-18-31-23-17-32(28(34)27(19-9-5-3-6-10-19)20-11-7-4-8-12-20)25(29(35)36)16-24(23)33(18)21-13-14-26(37-2)22(30)15-21/h3-15,25,27H,16-17H2,1-2H3,(H,35,36)/t25-/m0/s1. The van der Waals surface area contributed by atoms with Gasteiger partial charge < -0.3 is 19.3 Å². The molecule has 0 bridgehead atoms. The van der Waals surface area contributed by atoms with Crippen LogP contribution >= 0.6 is 15.9 Å². The van der Waals surface area contributed by atoms with Gasteiger partial charge >= 0.3 is 5.97 Å². The summed E-state index contributed by atoms with van der Waals surface area (Å²) in [5, 5.41) is 10.2. The minimum Gasteiger partial charge on any atom is -0.496 e. The third kappa shape index (κ3) is 4.64. The molecule has 37 heavy (non-hydrogen) atoms. The van der Waals surface area contributed by atoms with E-state index in [4.69, 9.17) is 9.72 Å². The lowest BCUT2D eigenvalue weighted by Crippen LogP contribution is -2.50. The zero-order valence-electron chi connectivity index (χ0n) is 20.5. The predicted molar refractivity (Wildman–Crippen MR) is 143 cm³/mol. The third-order valence-corrected chi connectivity index (χ3v) is 7.40. The fourth-order valence-corrected chi connectivity index (χ4v) is 5.59. The fourth-order valence-electron chi connectivity index (χ4n) is 5.06. The number of carbonyl (C=O) groups is 2. The summed E-state index contributed by atoms with van der Waals surface area (Å²) in [6.07, 6.45) is 0.150. The Balaban J connectivity index is 1.56. The van der Waals surface area contributed by atoms with Crippen LogP contribution in [0.25, 0.3) is 5.69 Å². The van der Waals surface area contributed by atoms with Crippen LogP contribution in [0, 0.1) is 6.92 Å². The van der Waals surface area contributed by atoms with Gasteiger partial charge in [-0.25, -0.2) is 9.78 Å². The number of fused-ring (bicyclic) bond motifs is 1. The summed E-state index contributed by atoms with van der Waals surface area (Å²) in [5.74, 6) is -0.492. The molecule has 0 saturated carbocycles. The summed E-state index contributed by atoms with van der Waals surface area (Å²) in [6, 6.07) is 23.6. The van der Waals surface area contributed by atoms with E-state index in [2.05, 4.69) is 15.9 Å². The zero-order chi connectivity index (χ0) is 26.1. The highest BCUT2D eigenvalue weighted by Crippen LogP contribution is 2.34. The van der Waals surface area contributed by atoms with Crippen LogP contribution in [0.1, 0.15) is 34.3 Å². The summed E-state index contributed by atoms with van der Waals surface area (Å²) < 4.78 is 8.09. The number of benzene rings is 3. The van der Waals surface area contributed by atoms with Crippen molar-refractivity contribution in [3.05, 3.63) is 112 Å². The van der Waals surface area contributed by atoms with Crippen LogP contribution < -0.4 is 4.74 Å². The van der Waals surface area contributed by atoms with Crippen LogP contribution in [0.3, 0.4) is 0 Å². The fraction of sp³-hybridized carbons (Fsp3) is 0.207. The van der Waals surface area contributed by atoms with Gasteiger partial charge in [-0.05, 0) is 52.2 Å². The number of amides is 1. The first kappa shape index (κ1) is 24.8. The first-order valence-corrected chi connectivity index (χ1v) is 12.7. The number of halogens is 1. The molecular weight excluding hydrogens is 534 g/mol. The average molecular weight is 560 g/mol. The first-order chi connectivity index (χ1) is 17.9. The maximum Gasteiger partial charge on any atom is 0.326 e. The second kappa shape index (κ2) is 10.2. The quantitative estimate of drug-likeness (QED) is 0.354. The molecule has 1 aliphatic heterocycles. The average Bonchev–Trinajstić information content (AvgIpc) is 3.23. The summed E-state index contributed by atoms with van der Waals surface area (Å²) in [5.41, 5.74) is 3.98. The van der Waals surface area contributed by atoms with E-state index in [0.29, 0.717) is 11.4 Å². The summed E-state index contributed by atoms with van der Waals surface area (Å²) in [6.45, 7) is 2.00. The Hall–Kier alpha value is -3.91. The zero-order valence-corrected chi connectivity index (χ0v) is 22.1. The number of methoxy groups -OCH3 is 1. The van der Waals surface area contributed by atoms with Crippen molar-refractivity contribution in [3.8, 4) is 11.4 Å². The van der Waals surface area contributed by atoms with Gasteiger partial charge in [-0.15, -0.1) is 0 Å². The van der Waals surface area contributed by atoms with Crippen molar-refractivity contribution in [2.45, 2.75) is 31.8 Å². The van der Waals surface area contributed by atoms with E-state index < -0.39 is 17.9 Å². The van der Waals surface area contributed by atoms with Crippen molar-refractivity contribution >= 4 is 27.8 Å². The minimum absolute atomic E-state index is 0.118. The highest BCUT2D eigenvalue weighted by Gasteiger charge is 2.40. The van der Waals surface area contributed by atoms with Gasteiger partial charge in [-0.1, -0.05) is 60.7 Å². The molecule has 1 aromatic heterocycles. The lowest BCUT2D eigenvalue weighted by Gasteiger charge is -2.35. The first-order valence-electron chi connectivity index (χ1n) is 11.9. The van der Waals surface area contributed by atoms with Gasteiger partial charge in [0, 0.05) is 12.1 Å². The normalized spacial score (nSPS) is 14.9. The van der Waals surface area contributed by atoms with Crippen LogP contribution in [-0.2, 0) is 22.6 Å². The highest BCUT2D eigenvalue weighted by molar-refractivity contribution is 9.10. The number of hydrogen-bond acceptors (Lipinski definition) is 4. The van der Waals surface area contributed by atoms with E-state index in [-0.39, 0.29) is 18.9 Å². The smallest absolute Gasteiger partial charge is 0.326 e. The molecule has 0 fully saturated rings. The Morgan fingerprint density at radius 1 is 1.03 bits per heavy atom. The van der Waals surface area contributed by atoms with Gasteiger partial charge in [-0.2, -0.15) is 0 Å². The molecule has 0 saturated heterocycles. The van der Waals surface area contributed by atoms with Crippen LogP contribution in [0.2, 0.25) is 0 Å². The van der Waals surface area contributed by atoms with Crippen molar-refractivity contribution in [2.24, 2.45) is 0 Å². The molecule has 188 valence electrons. The molecule has 3 aromatic carbocycles. The van der Waals surface area contributed by atoms with Crippen LogP contribution in [0.15, 0.2) is 83.3 Å². The van der Waals surface area contributed by atoms with E-state index in [1.165, 1.54) is 4.90 Å². The van der Waals surface area contributed by atoms with E-state index in [1.807, 2.05) is 90.4 Å². The molecule has 2 heterocycles.